The molecule has 0 spiro atoms. The fourth-order valence-corrected chi connectivity index (χ4v) is 1.98. The van der Waals surface area contributed by atoms with Crippen LogP contribution in [0.15, 0.2) is 48.5 Å². The molecular weight excluding hydrogens is 240 g/mol. The molecule has 2 aromatic carbocycles. The van der Waals surface area contributed by atoms with Crippen molar-refractivity contribution in [2.45, 2.75) is 13.3 Å². The van der Waals surface area contributed by atoms with E-state index in [4.69, 9.17) is 5.11 Å². The molecule has 0 amide bonds. The number of hydrogen-bond donors (Lipinski definition) is 1. The van der Waals surface area contributed by atoms with Crippen molar-refractivity contribution >= 4 is 11.8 Å². The lowest BCUT2D eigenvalue weighted by atomic mass is 9.97. The van der Waals surface area contributed by atoms with Crippen LogP contribution in [0.5, 0.6) is 0 Å². The predicted molar refractivity (Wildman–Crippen MR) is 72.4 cm³/mol. The van der Waals surface area contributed by atoms with Gasteiger partial charge in [-0.2, -0.15) is 0 Å². The largest absolute Gasteiger partial charge is 0.481 e. The first-order valence-electron chi connectivity index (χ1n) is 5.99. The van der Waals surface area contributed by atoms with E-state index in [0.29, 0.717) is 16.7 Å². The van der Waals surface area contributed by atoms with Gasteiger partial charge in [0.2, 0.25) is 0 Å². The molecule has 3 heteroatoms. The second kappa shape index (κ2) is 5.48. The van der Waals surface area contributed by atoms with Gasteiger partial charge in [-0.15, -0.1) is 0 Å². The van der Waals surface area contributed by atoms with Crippen LogP contribution in [0.25, 0.3) is 0 Å². The molecule has 2 aromatic rings. The Morgan fingerprint density at radius 1 is 1.05 bits per heavy atom. The lowest BCUT2D eigenvalue weighted by Crippen LogP contribution is -2.06. The van der Waals surface area contributed by atoms with Crippen molar-refractivity contribution < 1.29 is 14.7 Å². The number of rotatable bonds is 4. The Morgan fingerprint density at radius 2 is 1.79 bits per heavy atom. The zero-order chi connectivity index (χ0) is 13.8. The maximum atomic E-state index is 12.4. The first-order chi connectivity index (χ1) is 9.08. The summed E-state index contributed by atoms with van der Waals surface area (Å²) in [6.07, 6.45) is -0.0745. The van der Waals surface area contributed by atoms with Crippen molar-refractivity contribution in [1.82, 2.24) is 0 Å². The van der Waals surface area contributed by atoms with Crippen molar-refractivity contribution in [3.8, 4) is 0 Å². The molecule has 0 aliphatic carbocycles. The van der Waals surface area contributed by atoms with E-state index in [0.717, 1.165) is 5.56 Å². The summed E-state index contributed by atoms with van der Waals surface area (Å²) in [4.78, 5) is 23.0. The van der Waals surface area contributed by atoms with Crippen LogP contribution in [-0.2, 0) is 11.2 Å². The van der Waals surface area contributed by atoms with E-state index in [2.05, 4.69) is 0 Å². The van der Waals surface area contributed by atoms with Crippen LogP contribution in [0.3, 0.4) is 0 Å². The van der Waals surface area contributed by atoms with Crippen LogP contribution >= 0.6 is 0 Å². The highest BCUT2D eigenvalue weighted by molar-refractivity contribution is 6.10. The molecule has 0 atom stereocenters. The van der Waals surface area contributed by atoms with Crippen LogP contribution in [0, 0.1) is 6.92 Å². The molecular formula is C16H14O3. The molecule has 0 fully saturated rings. The van der Waals surface area contributed by atoms with Gasteiger partial charge in [0.05, 0.1) is 6.42 Å². The first kappa shape index (κ1) is 13.0. The summed E-state index contributed by atoms with van der Waals surface area (Å²) in [7, 11) is 0. The van der Waals surface area contributed by atoms with E-state index >= 15 is 0 Å². The molecule has 0 saturated heterocycles. The smallest absolute Gasteiger partial charge is 0.307 e. The molecule has 0 bridgehead atoms. The third-order valence-corrected chi connectivity index (χ3v) is 2.93. The molecule has 0 radical (unpaired) electrons. The quantitative estimate of drug-likeness (QED) is 0.853. The average molecular weight is 254 g/mol. The van der Waals surface area contributed by atoms with E-state index in [1.54, 1.807) is 30.3 Å². The van der Waals surface area contributed by atoms with Gasteiger partial charge in [0.1, 0.15) is 0 Å². The van der Waals surface area contributed by atoms with Gasteiger partial charge < -0.3 is 5.11 Å². The van der Waals surface area contributed by atoms with Gasteiger partial charge in [-0.25, -0.2) is 0 Å². The maximum Gasteiger partial charge on any atom is 0.307 e. The van der Waals surface area contributed by atoms with Gasteiger partial charge in [-0.3, -0.25) is 9.59 Å². The van der Waals surface area contributed by atoms with E-state index in [1.165, 1.54) is 0 Å². The second-order valence-corrected chi connectivity index (χ2v) is 4.41. The van der Waals surface area contributed by atoms with Crippen LogP contribution < -0.4 is 0 Å². The summed E-state index contributed by atoms with van der Waals surface area (Å²) in [5, 5.41) is 8.77. The minimum Gasteiger partial charge on any atom is -0.481 e. The fraction of sp³-hybridized carbons (Fsp3) is 0.125. The Hall–Kier alpha value is -2.42. The van der Waals surface area contributed by atoms with Crippen molar-refractivity contribution in [2.24, 2.45) is 0 Å². The highest BCUT2D eigenvalue weighted by atomic mass is 16.4. The van der Waals surface area contributed by atoms with Crippen LogP contribution in [0.2, 0.25) is 0 Å². The van der Waals surface area contributed by atoms with Crippen LogP contribution in [-0.4, -0.2) is 16.9 Å². The first-order valence-corrected chi connectivity index (χ1v) is 5.99. The number of aryl methyl sites for hydroxylation is 1. The zero-order valence-corrected chi connectivity index (χ0v) is 10.6. The number of ketones is 1. The normalized spacial score (nSPS) is 10.2. The number of hydrogen-bond acceptors (Lipinski definition) is 2. The Balaban J connectivity index is 2.34. The van der Waals surface area contributed by atoms with Gasteiger partial charge in [-0.05, 0) is 24.1 Å². The Kier molecular flexibility index (Phi) is 3.76. The van der Waals surface area contributed by atoms with E-state index in [1.807, 2.05) is 25.1 Å². The lowest BCUT2D eigenvalue weighted by Gasteiger charge is -2.06. The van der Waals surface area contributed by atoms with Gasteiger partial charge in [0.15, 0.2) is 5.78 Å². The minimum atomic E-state index is -0.902. The summed E-state index contributed by atoms with van der Waals surface area (Å²) in [5.74, 6) is -0.981. The molecule has 19 heavy (non-hydrogen) atoms. The van der Waals surface area contributed by atoms with Gasteiger partial charge in [0.25, 0.3) is 0 Å². The molecule has 96 valence electrons. The minimum absolute atomic E-state index is 0.0745. The van der Waals surface area contributed by atoms with Crippen LogP contribution in [0.4, 0.5) is 0 Å². The molecule has 0 heterocycles. The molecule has 1 N–H and O–H groups in total. The summed E-state index contributed by atoms with van der Waals surface area (Å²) < 4.78 is 0. The molecule has 0 saturated carbocycles. The third kappa shape index (κ3) is 3.07. The maximum absolute atomic E-state index is 12.4. The Bertz CT molecular complexity index is 629. The van der Waals surface area contributed by atoms with E-state index < -0.39 is 5.97 Å². The number of aliphatic carboxylic acids is 1. The molecule has 3 nitrogen and oxygen atoms in total. The lowest BCUT2D eigenvalue weighted by molar-refractivity contribution is -0.136. The number of carbonyl (C=O) groups excluding carboxylic acids is 1. The highest BCUT2D eigenvalue weighted by Crippen LogP contribution is 2.15. The van der Waals surface area contributed by atoms with Crippen molar-refractivity contribution in [1.29, 1.82) is 0 Å². The summed E-state index contributed by atoms with van der Waals surface area (Å²) in [6.45, 7) is 1.88. The molecule has 0 aromatic heterocycles. The molecule has 0 unspecified atom stereocenters. The Labute approximate surface area is 111 Å². The number of carboxylic acids is 1. The van der Waals surface area contributed by atoms with Crippen molar-refractivity contribution in [3.63, 3.8) is 0 Å². The van der Waals surface area contributed by atoms with Crippen molar-refractivity contribution in [3.05, 3.63) is 70.8 Å². The van der Waals surface area contributed by atoms with Gasteiger partial charge >= 0.3 is 5.97 Å². The number of benzene rings is 2. The SMILES string of the molecule is Cc1ccccc1C(=O)c1cccc(CC(=O)O)c1. The Morgan fingerprint density at radius 3 is 2.47 bits per heavy atom. The third-order valence-electron chi connectivity index (χ3n) is 2.93. The summed E-state index contributed by atoms with van der Waals surface area (Å²) in [5.41, 5.74) is 2.71. The summed E-state index contributed by atoms with van der Waals surface area (Å²) >= 11 is 0. The molecule has 0 aliphatic rings. The summed E-state index contributed by atoms with van der Waals surface area (Å²) in [6, 6.07) is 14.1. The highest BCUT2D eigenvalue weighted by Gasteiger charge is 2.12. The molecule has 2 rings (SSSR count). The van der Waals surface area contributed by atoms with Gasteiger partial charge in [-0.1, -0.05) is 42.5 Å². The monoisotopic (exact) mass is 254 g/mol. The topological polar surface area (TPSA) is 54.4 Å². The number of carboxylic acid groups (broad SMARTS) is 1. The zero-order valence-electron chi connectivity index (χ0n) is 10.6. The van der Waals surface area contributed by atoms with Crippen molar-refractivity contribution in [2.75, 3.05) is 0 Å². The van der Waals surface area contributed by atoms with Crippen LogP contribution in [0.1, 0.15) is 27.0 Å². The standard InChI is InChI=1S/C16H14O3/c1-11-5-2-3-8-14(11)16(19)13-7-4-6-12(9-13)10-15(17)18/h2-9H,10H2,1H3,(H,17,18). The predicted octanol–water partition coefficient (Wildman–Crippen LogP) is 2.85. The number of carbonyl (C=O) groups is 2. The average Bonchev–Trinajstić information content (AvgIpc) is 2.38. The fourth-order valence-electron chi connectivity index (χ4n) is 1.98. The molecule has 0 aliphatic heterocycles. The van der Waals surface area contributed by atoms with Gasteiger partial charge in [0, 0.05) is 11.1 Å². The second-order valence-electron chi connectivity index (χ2n) is 4.41. The van der Waals surface area contributed by atoms with E-state index in [9.17, 15) is 9.59 Å². The van der Waals surface area contributed by atoms with E-state index in [-0.39, 0.29) is 12.2 Å².